The standard InChI is InChI=1S/C14H21N3O3S/c1-11-2-3-12(21-11)14(19)16-10-13(18)15-4-5-17-6-8-20-9-7-17/h2-3H,4-10H2,1H3,(H,15,18)(H,16,19). The predicted molar refractivity (Wildman–Crippen MR) is 81.7 cm³/mol. The van der Waals surface area contributed by atoms with E-state index < -0.39 is 0 Å². The van der Waals surface area contributed by atoms with Gasteiger partial charge in [0.05, 0.1) is 24.6 Å². The number of hydrogen-bond acceptors (Lipinski definition) is 5. The van der Waals surface area contributed by atoms with Crippen molar-refractivity contribution >= 4 is 23.2 Å². The molecule has 7 heteroatoms. The summed E-state index contributed by atoms with van der Waals surface area (Å²) >= 11 is 1.42. The van der Waals surface area contributed by atoms with Crippen LogP contribution in [0.25, 0.3) is 0 Å². The predicted octanol–water partition coefficient (Wildman–Crippen LogP) is 0.235. The van der Waals surface area contributed by atoms with Crippen LogP contribution in [0.4, 0.5) is 0 Å². The van der Waals surface area contributed by atoms with Crippen molar-refractivity contribution in [1.29, 1.82) is 0 Å². The molecule has 2 N–H and O–H groups in total. The summed E-state index contributed by atoms with van der Waals surface area (Å²) in [6, 6.07) is 3.66. The Morgan fingerprint density at radius 2 is 2.05 bits per heavy atom. The van der Waals surface area contributed by atoms with E-state index in [1.165, 1.54) is 11.3 Å². The highest BCUT2D eigenvalue weighted by Gasteiger charge is 2.11. The van der Waals surface area contributed by atoms with Gasteiger partial charge in [-0.3, -0.25) is 14.5 Å². The maximum Gasteiger partial charge on any atom is 0.261 e. The van der Waals surface area contributed by atoms with Gasteiger partial charge in [-0.25, -0.2) is 0 Å². The first kappa shape index (κ1) is 15.9. The molecule has 1 aromatic rings. The molecule has 1 aliphatic heterocycles. The summed E-state index contributed by atoms with van der Waals surface area (Å²) in [5.74, 6) is -0.360. The minimum atomic E-state index is -0.198. The maximum absolute atomic E-state index is 11.8. The van der Waals surface area contributed by atoms with E-state index in [0.29, 0.717) is 11.4 Å². The lowest BCUT2D eigenvalue weighted by molar-refractivity contribution is -0.120. The zero-order chi connectivity index (χ0) is 15.1. The van der Waals surface area contributed by atoms with Gasteiger partial charge in [-0.05, 0) is 19.1 Å². The normalized spacial score (nSPS) is 15.7. The number of thiophene rings is 1. The van der Waals surface area contributed by atoms with Crippen LogP contribution in [-0.4, -0.2) is 62.7 Å². The second-order valence-electron chi connectivity index (χ2n) is 4.90. The van der Waals surface area contributed by atoms with Gasteiger partial charge in [0.25, 0.3) is 5.91 Å². The van der Waals surface area contributed by atoms with Crippen LogP contribution < -0.4 is 10.6 Å². The van der Waals surface area contributed by atoms with Crippen LogP contribution in [-0.2, 0) is 9.53 Å². The number of nitrogens with zero attached hydrogens (tertiary/aromatic N) is 1. The van der Waals surface area contributed by atoms with Crippen LogP contribution in [0, 0.1) is 6.92 Å². The summed E-state index contributed by atoms with van der Waals surface area (Å²) in [7, 11) is 0. The quantitative estimate of drug-likeness (QED) is 0.789. The van der Waals surface area contributed by atoms with Gasteiger partial charge in [0.15, 0.2) is 0 Å². The number of ether oxygens (including phenoxy) is 1. The fraction of sp³-hybridized carbons (Fsp3) is 0.571. The molecule has 6 nitrogen and oxygen atoms in total. The highest BCUT2D eigenvalue weighted by atomic mass is 32.1. The first-order valence-corrected chi connectivity index (χ1v) is 7.88. The third-order valence-electron chi connectivity index (χ3n) is 3.23. The molecule has 116 valence electrons. The maximum atomic E-state index is 11.8. The van der Waals surface area contributed by atoms with Crippen LogP contribution >= 0.6 is 11.3 Å². The third-order valence-corrected chi connectivity index (χ3v) is 4.23. The van der Waals surface area contributed by atoms with Crippen molar-refractivity contribution in [2.75, 3.05) is 45.9 Å². The Balaban J connectivity index is 1.60. The molecule has 0 bridgehead atoms. The van der Waals surface area contributed by atoms with Crippen molar-refractivity contribution in [3.63, 3.8) is 0 Å². The molecule has 0 spiro atoms. The number of morpholine rings is 1. The molecule has 0 saturated carbocycles. The summed E-state index contributed by atoms with van der Waals surface area (Å²) in [5, 5.41) is 5.44. The third kappa shape index (κ3) is 5.45. The smallest absolute Gasteiger partial charge is 0.261 e. The molecule has 1 aromatic heterocycles. The number of amides is 2. The van der Waals surface area contributed by atoms with Gasteiger partial charge >= 0.3 is 0 Å². The molecule has 0 aliphatic carbocycles. The molecule has 0 radical (unpaired) electrons. The molecule has 0 atom stereocenters. The van der Waals surface area contributed by atoms with Crippen molar-refractivity contribution in [1.82, 2.24) is 15.5 Å². The SMILES string of the molecule is Cc1ccc(C(=O)NCC(=O)NCCN2CCOCC2)s1. The first-order valence-electron chi connectivity index (χ1n) is 7.06. The second kappa shape index (κ2) is 8.11. The molecule has 2 rings (SSSR count). The molecule has 2 amide bonds. The Labute approximate surface area is 128 Å². The summed E-state index contributed by atoms with van der Waals surface area (Å²) in [4.78, 5) is 27.4. The van der Waals surface area contributed by atoms with Crippen LogP contribution in [0.5, 0.6) is 0 Å². The van der Waals surface area contributed by atoms with Gasteiger partial charge in [-0.2, -0.15) is 0 Å². The molecule has 1 aliphatic rings. The Morgan fingerprint density at radius 1 is 1.29 bits per heavy atom. The van der Waals surface area contributed by atoms with Crippen molar-refractivity contribution < 1.29 is 14.3 Å². The van der Waals surface area contributed by atoms with E-state index in [1.54, 1.807) is 6.07 Å². The highest BCUT2D eigenvalue weighted by molar-refractivity contribution is 7.13. The number of carbonyl (C=O) groups excluding carboxylic acids is 2. The number of rotatable bonds is 6. The Hall–Kier alpha value is -1.44. The molecular weight excluding hydrogens is 290 g/mol. The fourth-order valence-corrected chi connectivity index (χ4v) is 2.83. The minimum Gasteiger partial charge on any atom is -0.379 e. The highest BCUT2D eigenvalue weighted by Crippen LogP contribution is 2.14. The van der Waals surface area contributed by atoms with E-state index in [1.807, 2.05) is 13.0 Å². The number of carbonyl (C=O) groups is 2. The van der Waals surface area contributed by atoms with Crippen LogP contribution in [0.15, 0.2) is 12.1 Å². The Kier molecular flexibility index (Phi) is 6.16. The van der Waals surface area contributed by atoms with Gasteiger partial charge in [0.2, 0.25) is 5.91 Å². The van der Waals surface area contributed by atoms with Gasteiger partial charge in [0.1, 0.15) is 0 Å². The van der Waals surface area contributed by atoms with Crippen LogP contribution in [0.1, 0.15) is 14.5 Å². The van der Waals surface area contributed by atoms with Gasteiger partial charge < -0.3 is 15.4 Å². The minimum absolute atomic E-state index is 0.0128. The van der Waals surface area contributed by atoms with E-state index >= 15 is 0 Å². The van der Waals surface area contributed by atoms with Gasteiger partial charge in [0, 0.05) is 31.1 Å². The van der Waals surface area contributed by atoms with Crippen LogP contribution in [0.2, 0.25) is 0 Å². The summed E-state index contributed by atoms with van der Waals surface area (Å²) < 4.78 is 5.26. The lowest BCUT2D eigenvalue weighted by Crippen LogP contribution is -2.43. The first-order chi connectivity index (χ1) is 10.1. The summed E-state index contributed by atoms with van der Waals surface area (Å²) in [6.45, 7) is 6.68. The van der Waals surface area contributed by atoms with Crippen molar-refractivity contribution in [3.05, 3.63) is 21.9 Å². The van der Waals surface area contributed by atoms with E-state index in [2.05, 4.69) is 15.5 Å². The largest absolute Gasteiger partial charge is 0.379 e. The Morgan fingerprint density at radius 3 is 2.71 bits per heavy atom. The molecule has 1 saturated heterocycles. The van der Waals surface area contributed by atoms with Crippen LogP contribution in [0.3, 0.4) is 0 Å². The van der Waals surface area contributed by atoms with E-state index in [0.717, 1.165) is 37.7 Å². The molecule has 2 heterocycles. The van der Waals surface area contributed by atoms with Crippen molar-refractivity contribution in [2.45, 2.75) is 6.92 Å². The van der Waals surface area contributed by atoms with E-state index in [9.17, 15) is 9.59 Å². The summed E-state index contributed by atoms with van der Waals surface area (Å²) in [5.41, 5.74) is 0. The summed E-state index contributed by atoms with van der Waals surface area (Å²) in [6.07, 6.45) is 0. The topological polar surface area (TPSA) is 70.7 Å². The molecular formula is C14H21N3O3S. The average molecular weight is 311 g/mol. The van der Waals surface area contributed by atoms with E-state index in [4.69, 9.17) is 4.74 Å². The number of aryl methyl sites for hydroxylation is 1. The van der Waals surface area contributed by atoms with Gasteiger partial charge in [-0.1, -0.05) is 0 Å². The average Bonchev–Trinajstić information content (AvgIpc) is 2.92. The number of hydrogen-bond donors (Lipinski definition) is 2. The monoisotopic (exact) mass is 311 g/mol. The molecule has 1 fully saturated rings. The van der Waals surface area contributed by atoms with Gasteiger partial charge in [-0.15, -0.1) is 11.3 Å². The fourth-order valence-electron chi connectivity index (χ4n) is 2.04. The molecule has 0 unspecified atom stereocenters. The van der Waals surface area contributed by atoms with Crippen molar-refractivity contribution in [3.8, 4) is 0 Å². The zero-order valence-electron chi connectivity index (χ0n) is 12.2. The lowest BCUT2D eigenvalue weighted by Gasteiger charge is -2.26. The van der Waals surface area contributed by atoms with Crippen molar-refractivity contribution in [2.24, 2.45) is 0 Å². The van der Waals surface area contributed by atoms with E-state index in [-0.39, 0.29) is 18.4 Å². The Bertz CT molecular complexity index is 484. The second-order valence-corrected chi connectivity index (χ2v) is 6.18. The molecule has 21 heavy (non-hydrogen) atoms. The molecule has 0 aromatic carbocycles. The lowest BCUT2D eigenvalue weighted by atomic mass is 10.4. The zero-order valence-corrected chi connectivity index (χ0v) is 13.0. The number of nitrogens with one attached hydrogen (secondary N) is 2.